The predicted molar refractivity (Wildman–Crippen MR) is 63.4 cm³/mol. The average molecular weight is 237 g/mol. The van der Waals surface area contributed by atoms with Gasteiger partial charge in [-0.25, -0.2) is 4.98 Å². The van der Waals surface area contributed by atoms with E-state index in [1.165, 1.54) is 20.0 Å². The number of aromatic nitrogens is 2. The lowest BCUT2D eigenvalue weighted by molar-refractivity contribution is -0.141. The minimum Gasteiger partial charge on any atom is -0.468 e. The molecule has 0 amide bonds. The SMILES string of the molecule is COC(=O)Cn1cncc1C1CCCC(C)N1. The molecule has 1 saturated heterocycles. The lowest BCUT2D eigenvalue weighted by Gasteiger charge is -2.29. The zero-order valence-corrected chi connectivity index (χ0v) is 10.3. The summed E-state index contributed by atoms with van der Waals surface area (Å²) in [7, 11) is 1.40. The molecule has 0 spiro atoms. The molecular weight excluding hydrogens is 218 g/mol. The van der Waals surface area contributed by atoms with Gasteiger partial charge in [0.05, 0.1) is 19.1 Å². The molecular formula is C12H19N3O2. The molecule has 17 heavy (non-hydrogen) atoms. The lowest BCUT2D eigenvalue weighted by atomic mass is 9.97. The second-order valence-corrected chi connectivity index (χ2v) is 4.57. The molecule has 0 saturated carbocycles. The number of rotatable bonds is 3. The van der Waals surface area contributed by atoms with Crippen LogP contribution in [0.2, 0.25) is 0 Å². The molecule has 1 N–H and O–H groups in total. The van der Waals surface area contributed by atoms with Crippen molar-refractivity contribution in [2.45, 2.75) is 44.8 Å². The number of ether oxygens (including phenoxy) is 1. The van der Waals surface area contributed by atoms with Gasteiger partial charge in [-0.1, -0.05) is 0 Å². The fourth-order valence-corrected chi connectivity index (χ4v) is 2.33. The minimum absolute atomic E-state index is 0.235. The van der Waals surface area contributed by atoms with Crippen LogP contribution in [0.5, 0.6) is 0 Å². The van der Waals surface area contributed by atoms with E-state index in [0.717, 1.165) is 12.1 Å². The number of hydrogen-bond acceptors (Lipinski definition) is 4. The molecule has 2 atom stereocenters. The van der Waals surface area contributed by atoms with E-state index in [0.29, 0.717) is 12.1 Å². The summed E-state index contributed by atoms with van der Waals surface area (Å²) in [5, 5.41) is 3.54. The first-order chi connectivity index (χ1) is 8.20. The van der Waals surface area contributed by atoms with Crippen LogP contribution in [-0.4, -0.2) is 28.7 Å². The van der Waals surface area contributed by atoms with Gasteiger partial charge in [0.15, 0.2) is 0 Å². The standard InChI is InChI=1S/C12H19N3O2/c1-9-4-3-5-10(14-9)11-6-13-8-15(11)7-12(16)17-2/h6,8-10,14H,3-5,7H2,1-2H3. The van der Waals surface area contributed by atoms with E-state index in [-0.39, 0.29) is 12.5 Å². The first-order valence-corrected chi connectivity index (χ1v) is 6.03. The smallest absolute Gasteiger partial charge is 0.325 e. The fourth-order valence-electron chi connectivity index (χ4n) is 2.33. The highest BCUT2D eigenvalue weighted by Gasteiger charge is 2.22. The third-order valence-corrected chi connectivity index (χ3v) is 3.24. The molecule has 1 aromatic heterocycles. The third-order valence-electron chi connectivity index (χ3n) is 3.24. The van der Waals surface area contributed by atoms with Crippen molar-refractivity contribution in [1.29, 1.82) is 0 Å². The Hall–Kier alpha value is -1.36. The maximum Gasteiger partial charge on any atom is 0.325 e. The van der Waals surface area contributed by atoms with Gasteiger partial charge in [0, 0.05) is 18.3 Å². The highest BCUT2D eigenvalue weighted by Crippen LogP contribution is 2.25. The van der Waals surface area contributed by atoms with Crippen LogP contribution in [0, 0.1) is 0 Å². The van der Waals surface area contributed by atoms with Crippen LogP contribution in [0.1, 0.15) is 37.9 Å². The van der Waals surface area contributed by atoms with E-state index in [9.17, 15) is 4.79 Å². The summed E-state index contributed by atoms with van der Waals surface area (Å²) >= 11 is 0. The molecule has 1 aliphatic rings. The molecule has 5 heteroatoms. The van der Waals surface area contributed by atoms with Gasteiger partial charge in [0.2, 0.25) is 0 Å². The second kappa shape index (κ2) is 5.31. The van der Waals surface area contributed by atoms with Crippen LogP contribution in [0.15, 0.2) is 12.5 Å². The van der Waals surface area contributed by atoms with Crippen molar-refractivity contribution in [3.63, 3.8) is 0 Å². The van der Waals surface area contributed by atoms with Crippen molar-refractivity contribution in [2.24, 2.45) is 0 Å². The Kier molecular flexibility index (Phi) is 3.78. The Morgan fingerprint density at radius 2 is 2.47 bits per heavy atom. The molecule has 2 heterocycles. The Balaban J connectivity index is 2.09. The van der Waals surface area contributed by atoms with Crippen LogP contribution in [0.25, 0.3) is 0 Å². The van der Waals surface area contributed by atoms with Crippen LogP contribution in [-0.2, 0) is 16.1 Å². The van der Waals surface area contributed by atoms with Gasteiger partial charge in [-0.2, -0.15) is 0 Å². The van der Waals surface area contributed by atoms with E-state index < -0.39 is 0 Å². The Morgan fingerprint density at radius 3 is 3.18 bits per heavy atom. The maximum absolute atomic E-state index is 11.3. The molecule has 94 valence electrons. The Morgan fingerprint density at radius 1 is 1.65 bits per heavy atom. The Bertz CT molecular complexity index is 389. The van der Waals surface area contributed by atoms with E-state index in [2.05, 4.69) is 22.0 Å². The first kappa shape index (κ1) is 12.1. The molecule has 5 nitrogen and oxygen atoms in total. The number of methoxy groups -OCH3 is 1. The summed E-state index contributed by atoms with van der Waals surface area (Å²) in [5.74, 6) is -0.242. The summed E-state index contributed by atoms with van der Waals surface area (Å²) in [6, 6.07) is 0.820. The van der Waals surface area contributed by atoms with Gasteiger partial charge in [0.25, 0.3) is 0 Å². The van der Waals surface area contributed by atoms with Crippen molar-refractivity contribution >= 4 is 5.97 Å². The van der Waals surface area contributed by atoms with Gasteiger partial charge < -0.3 is 14.6 Å². The molecule has 2 unspecified atom stereocenters. The normalized spacial score (nSPS) is 24.6. The summed E-state index contributed by atoms with van der Waals surface area (Å²) in [6.07, 6.45) is 7.03. The van der Waals surface area contributed by atoms with Crippen molar-refractivity contribution in [3.05, 3.63) is 18.2 Å². The summed E-state index contributed by atoms with van der Waals surface area (Å²) in [5.41, 5.74) is 1.07. The highest BCUT2D eigenvalue weighted by molar-refractivity contribution is 5.69. The first-order valence-electron chi connectivity index (χ1n) is 6.03. The van der Waals surface area contributed by atoms with Crippen molar-refractivity contribution in [2.75, 3.05) is 7.11 Å². The minimum atomic E-state index is -0.242. The maximum atomic E-state index is 11.3. The average Bonchev–Trinajstić information content (AvgIpc) is 2.77. The number of hydrogen-bond donors (Lipinski definition) is 1. The molecule has 1 fully saturated rings. The van der Waals surface area contributed by atoms with Gasteiger partial charge in [-0.15, -0.1) is 0 Å². The molecule has 2 rings (SSSR count). The quantitative estimate of drug-likeness (QED) is 0.804. The van der Waals surface area contributed by atoms with Crippen molar-refractivity contribution in [1.82, 2.24) is 14.9 Å². The number of imidazole rings is 1. The monoisotopic (exact) mass is 237 g/mol. The zero-order chi connectivity index (χ0) is 12.3. The third kappa shape index (κ3) is 2.85. The number of esters is 1. The predicted octanol–water partition coefficient (Wildman–Crippen LogP) is 1.26. The Labute approximate surface area is 101 Å². The molecule has 0 bridgehead atoms. The molecule has 1 aliphatic heterocycles. The number of nitrogens with one attached hydrogen (secondary N) is 1. The van der Waals surface area contributed by atoms with Gasteiger partial charge in [0.1, 0.15) is 6.54 Å². The van der Waals surface area contributed by atoms with Crippen molar-refractivity contribution in [3.8, 4) is 0 Å². The van der Waals surface area contributed by atoms with Gasteiger partial charge in [-0.3, -0.25) is 4.79 Å². The number of carbonyl (C=O) groups is 1. The molecule has 0 aromatic carbocycles. The molecule has 0 radical (unpaired) electrons. The van der Waals surface area contributed by atoms with E-state index in [4.69, 9.17) is 0 Å². The van der Waals surface area contributed by atoms with Crippen LogP contribution >= 0.6 is 0 Å². The summed E-state index contributed by atoms with van der Waals surface area (Å²) < 4.78 is 6.54. The number of nitrogens with zero attached hydrogens (tertiary/aromatic N) is 2. The van der Waals surface area contributed by atoms with E-state index in [1.54, 1.807) is 6.33 Å². The van der Waals surface area contributed by atoms with E-state index >= 15 is 0 Å². The second-order valence-electron chi connectivity index (χ2n) is 4.57. The molecule has 1 aromatic rings. The van der Waals surface area contributed by atoms with Crippen LogP contribution < -0.4 is 5.32 Å². The molecule has 0 aliphatic carbocycles. The van der Waals surface area contributed by atoms with Crippen LogP contribution in [0.4, 0.5) is 0 Å². The van der Waals surface area contributed by atoms with Gasteiger partial charge in [-0.05, 0) is 26.2 Å². The lowest BCUT2D eigenvalue weighted by Crippen LogP contribution is -2.35. The zero-order valence-electron chi connectivity index (χ0n) is 10.3. The number of carbonyl (C=O) groups excluding carboxylic acids is 1. The largest absolute Gasteiger partial charge is 0.468 e. The van der Waals surface area contributed by atoms with Crippen molar-refractivity contribution < 1.29 is 9.53 Å². The summed E-state index contributed by atoms with van der Waals surface area (Å²) in [6.45, 7) is 2.42. The van der Waals surface area contributed by atoms with Crippen LogP contribution in [0.3, 0.4) is 0 Å². The fraction of sp³-hybridized carbons (Fsp3) is 0.667. The van der Waals surface area contributed by atoms with Gasteiger partial charge >= 0.3 is 5.97 Å². The topological polar surface area (TPSA) is 56.2 Å². The van der Waals surface area contributed by atoms with E-state index in [1.807, 2.05) is 10.8 Å². The summed E-state index contributed by atoms with van der Waals surface area (Å²) in [4.78, 5) is 15.4. The number of piperidine rings is 1. The highest BCUT2D eigenvalue weighted by atomic mass is 16.5.